The molecule has 0 spiro atoms. The summed E-state index contributed by atoms with van der Waals surface area (Å²) < 4.78 is 1.93. The Morgan fingerprint density at radius 1 is 1.17 bits per heavy atom. The first-order valence-corrected chi connectivity index (χ1v) is 8.54. The van der Waals surface area contributed by atoms with E-state index in [4.69, 9.17) is 10.2 Å². The number of rotatable bonds is 5. The van der Waals surface area contributed by atoms with Gasteiger partial charge in [-0.05, 0) is 44.9 Å². The molecule has 7 heteroatoms. The minimum atomic E-state index is 0.229. The summed E-state index contributed by atoms with van der Waals surface area (Å²) in [6.07, 6.45) is 4.62. The van der Waals surface area contributed by atoms with E-state index in [1.54, 1.807) is 0 Å². The first kappa shape index (κ1) is 14.8. The number of fused-ring (bicyclic) bond motifs is 1. The van der Waals surface area contributed by atoms with Crippen LogP contribution in [0.3, 0.4) is 0 Å². The zero-order valence-electron chi connectivity index (χ0n) is 13.6. The molecule has 1 aliphatic carbocycles. The van der Waals surface area contributed by atoms with Crippen LogP contribution in [0.5, 0.6) is 0 Å². The van der Waals surface area contributed by atoms with Crippen LogP contribution in [0.1, 0.15) is 37.4 Å². The molecule has 0 bridgehead atoms. The first-order chi connectivity index (χ1) is 11.3. The second kappa shape index (κ2) is 6.05. The summed E-state index contributed by atoms with van der Waals surface area (Å²) in [5, 5.41) is 22.4. The molecular weight excluding hydrogens is 292 g/mol. The number of hydrogen-bond donors (Lipinski definition) is 1. The zero-order chi connectivity index (χ0) is 15.8. The Morgan fingerprint density at radius 3 is 2.65 bits per heavy atom. The van der Waals surface area contributed by atoms with Crippen molar-refractivity contribution in [2.75, 3.05) is 38.2 Å². The average molecular weight is 316 g/mol. The Bertz CT molecular complexity index is 674. The molecule has 1 N–H and O–H groups in total. The van der Waals surface area contributed by atoms with Crippen LogP contribution in [0, 0.1) is 0 Å². The number of piperidine rings is 1. The van der Waals surface area contributed by atoms with Gasteiger partial charge < -0.3 is 14.9 Å². The molecule has 2 fully saturated rings. The minimum absolute atomic E-state index is 0.229. The summed E-state index contributed by atoms with van der Waals surface area (Å²) in [7, 11) is 2.10. The quantitative estimate of drug-likeness (QED) is 0.884. The number of aliphatic hydroxyl groups is 1. The fourth-order valence-corrected chi connectivity index (χ4v) is 3.44. The van der Waals surface area contributed by atoms with Crippen LogP contribution in [0.25, 0.3) is 5.65 Å². The maximum Gasteiger partial charge on any atom is 0.178 e. The molecule has 2 aromatic rings. The van der Waals surface area contributed by atoms with Crippen LogP contribution in [0.2, 0.25) is 0 Å². The zero-order valence-corrected chi connectivity index (χ0v) is 13.6. The van der Waals surface area contributed by atoms with Crippen molar-refractivity contribution in [1.29, 1.82) is 0 Å². The van der Waals surface area contributed by atoms with Gasteiger partial charge in [-0.25, -0.2) is 0 Å². The lowest BCUT2D eigenvalue weighted by Crippen LogP contribution is -2.44. The van der Waals surface area contributed by atoms with Crippen molar-refractivity contribution in [2.24, 2.45) is 0 Å². The number of aromatic nitrogens is 4. The predicted octanol–water partition coefficient (Wildman–Crippen LogP) is 0.895. The van der Waals surface area contributed by atoms with Crippen molar-refractivity contribution in [3.63, 3.8) is 0 Å². The second-order valence-electron chi connectivity index (χ2n) is 6.72. The lowest BCUT2D eigenvalue weighted by molar-refractivity contribution is 0.161. The number of nitrogens with zero attached hydrogens (tertiary/aromatic N) is 6. The number of likely N-dealkylation sites (N-methyl/N-ethyl adjacent to an activating group) is 1. The third kappa shape index (κ3) is 2.90. The molecule has 1 saturated heterocycles. The van der Waals surface area contributed by atoms with Gasteiger partial charge in [0.2, 0.25) is 0 Å². The lowest BCUT2D eigenvalue weighted by atomic mass is 10.0. The van der Waals surface area contributed by atoms with Crippen molar-refractivity contribution in [1.82, 2.24) is 24.7 Å². The lowest BCUT2D eigenvalue weighted by Gasteiger charge is -2.37. The average Bonchev–Trinajstić information content (AvgIpc) is 3.34. The van der Waals surface area contributed by atoms with Crippen LogP contribution in [-0.4, -0.2) is 69.1 Å². The second-order valence-corrected chi connectivity index (χ2v) is 6.72. The number of aliphatic hydroxyl groups excluding tert-OH is 1. The van der Waals surface area contributed by atoms with Crippen molar-refractivity contribution in [3.05, 3.63) is 18.0 Å². The Kier molecular flexibility index (Phi) is 3.90. The van der Waals surface area contributed by atoms with Crippen molar-refractivity contribution in [2.45, 2.75) is 37.6 Å². The fourth-order valence-electron chi connectivity index (χ4n) is 3.44. The van der Waals surface area contributed by atoms with E-state index in [0.29, 0.717) is 12.0 Å². The molecule has 4 rings (SSSR count). The smallest absolute Gasteiger partial charge is 0.178 e. The predicted molar refractivity (Wildman–Crippen MR) is 87.7 cm³/mol. The molecule has 1 aliphatic heterocycles. The maximum atomic E-state index is 9.08. The van der Waals surface area contributed by atoms with Gasteiger partial charge in [-0.1, -0.05) is 0 Å². The van der Waals surface area contributed by atoms with Crippen LogP contribution in [0.4, 0.5) is 5.82 Å². The van der Waals surface area contributed by atoms with Gasteiger partial charge in [0.25, 0.3) is 0 Å². The largest absolute Gasteiger partial charge is 0.395 e. The van der Waals surface area contributed by atoms with Crippen LogP contribution in [0.15, 0.2) is 12.1 Å². The Labute approximate surface area is 135 Å². The highest BCUT2D eigenvalue weighted by atomic mass is 16.3. The summed E-state index contributed by atoms with van der Waals surface area (Å²) in [4.78, 5) is 4.61. The molecule has 1 saturated carbocycles. The first-order valence-electron chi connectivity index (χ1n) is 8.54. The summed E-state index contributed by atoms with van der Waals surface area (Å²) in [5.41, 5.74) is 0.841. The molecule has 0 radical (unpaired) electrons. The van der Waals surface area contributed by atoms with Crippen molar-refractivity contribution >= 4 is 11.5 Å². The summed E-state index contributed by atoms with van der Waals surface area (Å²) >= 11 is 0. The molecule has 0 atom stereocenters. The van der Waals surface area contributed by atoms with Crippen LogP contribution in [-0.2, 0) is 0 Å². The van der Waals surface area contributed by atoms with Gasteiger partial charge in [0.1, 0.15) is 5.82 Å². The third-order valence-corrected chi connectivity index (χ3v) is 5.08. The fraction of sp³-hybridized carbons (Fsp3) is 0.688. The van der Waals surface area contributed by atoms with Gasteiger partial charge >= 0.3 is 0 Å². The normalized spacial score (nSPS) is 19.9. The highest BCUT2D eigenvalue weighted by Crippen LogP contribution is 2.38. The molecule has 2 aliphatic rings. The Hall–Kier alpha value is -1.73. The van der Waals surface area contributed by atoms with Crippen molar-refractivity contribution in [3.8, 4) is 0 Å². The minimum Gasteiger partial charge on any atom is -0.395 e. The monoisotopic (exact) mass is 316 g/mol. The van der Waals surface area contributed by atoms with Crippen LogP contribution < -0.4 is 4.90 Å². The van der Waals surface area contributed by atoms with E-state index in [0.717, 1.165) is 49.8 Å². The van der Waals surface area contributed by atoms with Gasteiger partial charge in [0.05, 0.1) is 6.61 Å². The topological polar surface area (TPSA) is 69.8 Å². The Balaban J connectivity index is 1.48. The van der Waals surface area contributed by atoms with Crippen LogP contribution >= 0.6 is 0 Å². The molecular formula is C16H24N6O. The van der Waals surface area contributed by atoms with Gasteiger partial charge in [0.15, 0.2) is 11.5 Å². The highest BCUT2D eigenvalue weighted by Gasteiger charge is 2.30. The maximum absolute atomic E-state index is 9.08. The Morgan fingerprint density at radius 2 is 1.96 bits per heavy atom. The van der Waals surface area contributed by atoms with E-state index in [1.807, 2.05) is 10.6 Å². The summed E-state index contributed by atoms with van der Waals surface area (Å²) in [6, 6.07) is 4.63. The number of anilines is 1. The standard InChI is InChI=1S/C16H24N6O/c1-20(10-11-23)13-6-8-21(9-7-13)15-5-4-14-17-18-16(12-2-3-12)22(14)19-15/h4-5,12-13,23H,2-3,6-11H2,1H3. The van der Waals surface area contributed by atoms with E-state index in [-0.39, 0.29) is 6.61 Å². The molecule has 23 heavy (non-hydrogen) atoms. The third-order valence-electron chi connectivity index (χ3n) is 5.08. The molecule has 0 aromatic carbocycles. The molecule has 124 valence electrons. The number of hydrogen-bond acceptors (Lipinski definition) is 6. The van der Waals surface area contributed by atoms with Crippen molar-refractivity contribution < 1.29 is 5.11 Å². The summed E-state index contributed by atoms with van der Waals surface area (Å²) in [6.45, 7) is 2.98. The van der Waals surface area contributed by atoms with E-state index in [1.165, 1.54) is 12.8 Å². The van der Waals surface area contributed by atoms with E-state index < -0.39 is 0 Å². The van der Waals surface area contributed by atoms with E-state index in [9.17, 15) is 0 Å². The van der Waals surface area contributed by atoms with Gasteiger partial charge in [-0.3, -0.25) is 0 Å². The highest BCUT2D eigenvalue weighted by molar-refractivity contribution is 5.46. The SMILES string of the molecule is CN(CCO)C1CCN(c2ccc3nnc(C4CC4)n3n2)CC1. The van der Waals surface area contributed by atoms with Gasteiger partial charge in [-0.2, -0.15) is 4.52 Å². The van der Waals surface area contributed by atoms with E-state index >= 15 is 0 Å². The van der Waals surface area contributed by atoms with E-state index in [2.05, 4.69) is 33.1 Å². The van der Waals surface area contributed by atoms with Gasteiger partial charge in [0, 0.05) is 31.6 Å². The summed E-state index contributed by atoms with van der Waals surface area (Å²) in [5.74, 6) is 2.58. The molecule has 7 nitrogen and oxygen atoms in total. The molecule has 3 heterocycles. The van der Waals surface area contributed by atoms with Gasteiger partial charge in [-0.15, -0.1) is 15.3 Å². The molecule has 0 amide bonds. The molecule has 0 unspecified atom stereocenters. The molecule has 2 aromatic heterocycles.